The van der Waals surface area contributed by atoms with Gasteiger partial charge >= 0.3 is 0 Å². The lowest BCUT2D eigenvalue weighted by Gasteiger charge is -2.35. The third kappa shape index (κ3) is 2.58. The van der Waals surface area contributed by atoms with Gasteiger partial charge < -0.3 is 15.1 Å². The van der Waals surface area contributed by atoms with Crippen LogP contribution in [0.15, 0.2) is 36.7 Å². The number of aromatic nitrogens is 2. The monoisotopic (exact) mass is 323 g/mol. The summed E-state index contributed by atoms with van der Waals surface area (Å²) in [6.45, 7) is 2.62. The quantitative estimate of drug-likeness (QED) is 0.890. The number of nitrogens with one attached hydrogen (secondary N) is 1. The lowest BCUT2D eigenvalue weighted by Crippen LogP contribution is -2.49. The Kier molecular flexibility index (Phi) is 3.60. The standard InChI is InChI=1S/C17H17N5O2/c23-15-11-13-12(3-1-4-14(13)20-15)16(24)21-7-9-22(10-8-21)17-18-5-2-6-19-17/h1-6H,7-11H2,(H,20,23). The Hall–Kier alpha value is -2.96. The minimum absolute atomic E-state index is 0.0167. The third-order valence-electron chi connectivity index (χ3n) is 4.42. The Morgan fingerprint density at radius 1 is 1.04 bits per heavy atom. The minimum atomic E-state index is -0.0590. The van der Waals surface area contributed by atoms with Crippen LogP contribution in [0.5, 0.6) is 0 Å². The van der Waals surface area contributed by atoms with Gasteiger partial charge in [-0.05, 0) is 23.8 Å². The number of piperazine rings is 1. The van der Waals surface area contributed by atoms with Gasteiger partial charge in [-0.15, -0.1) is 0 Å². The molecule has 4 rings (SSSR count). The molecule has 0 aliphatic carbocycles. The SMILES string of the molecule is O=C1Cc2c(cccc2C(=O)N2CCN(c3ncccn3)CC2)N1. The van der Waals surface area contributed by atoms with Crippen molar-refractivity contribution in [1.29, 1.82) is 0 Å². The van der Waals surface area contributed by atoms with Crippen LogP contribution in [-0.4, -0.2) is 52.9 Å². The minimum Gasteiger partial charge on any atom is -0.337 e. The summed E-state index contributed by atoms with van der Waals surface area (Å²) >= 11 is 0. The van der Waals surface area contributed by atoms with Crippen molar-refractivity contribution >= 4 is 23.5 Å². The first-order valence-corrected chi connectivity index (χ1v) is 7.95. The highest BCUT2D eigenvalue weighted by Gasteiger charge is 2.28. The molecule has 0 spiro atoms. The summed E-state index contributed by atoms with van der Waals surface area (Å²) < 4.78 is 0. The normalized spacial score (nSPS) is 16.8. The summed E-state index contributed by atoms with van der Waals surface area (Å²) in [7, 11) is 0. The fraction of sp³-hybridized carbons (Fsp3) is 0.294. The van der Waals surface area contributed by atoms with Gasteiger partial charge in [0.05, 0.1) is 6.42 Å². The number of rotatable bonds is 2. The van der Waals surface area contributed by atoms with Gasteiger partial charge in [-0.2, -0.15) is 0 Å². The second-order valence-electron chi connectivity index (χ2n) is 5.88. The van der Waals surface area contributed by atoms with Crippen LogP contribution in [0.1, 0.15) is 15.9 Å². The highest BCUT2D eigenvalue weighted by molar-refractivity contribution is 6.05. The first kappa shape index (κ1) is 14.6. The van der Waals surface area contributed by atoms with Crippen LogP contribution >= 0.6 is 0 Å². The molecule has 1 aromatic carbocycles. The average molecular weight is 323 g/mol. The molecule has 2 amide bonds. The Morgan fingerprint density at radius 3 is 2.54 bits per heavy atom. The maximum Gasteiger partial charge on any atom is 0.254 e. The van der Waals surface area contributed by atoms with Crippen LogP contribution in [0.2, 0.25) is 0 Å². The van der Waals surface area contributed by atoms with E-state index >= 15 is 0 Å². The topological polar surface area (TPSA) is 78.4 Å². The van der Waals surface area contributed by atoms with E-state index in [-0.39, 0.29) is 18.2 Å². The zero-order valence-corrected chi connectivity index (χ0v) is 13.1. The smallest absolute Gasteiger partial charge is 0.254 e. The summed E-state index contributed by atoms with van der Waals surface area (Å²) in [4.78, 5) is 36.8. The third-order valence-corrected chi connectivity index (χ3v) is 4.42. The number of benzene rings is 1. The molecular formula is C17H17N5O2. The molecule has 1 aromatic heterocycles. The van der Waals surface area contributed by atoms with E-state index in [9.17, 15) is 9.59 Å². The molecule has 1 N–H and O–H groups in total. The average Bonchev–Trinajstić information content (AvgIpc) is 3.02. The van der Waals surface area contributed by atoms with Crippen LogP contribution in [0.25, 0.3) is 0 Å². The largest absolute Gasteiger partial charge is 0.337 e. The van der Waals surface area contributed by atoms with Gasteiger partial charge in [0.1, 0.15) is 0 Å². The molecule has 122 valence electrons. The van der Waals surface area contributed by atoms with Crippen LogP contribution < -0.4 is 10.2 Å². The van der Waals surface area contributed by atoms with Gasteiger partial charge in [-0.1, -0.05) is 6.07 Å². The number of hydrogen-bond donors (Lipinski definition) is 1. The van der Waals surface area contributed by atoms with Crippen molar-refractivity contribution in [2.45, 2.75) is 6.42 Å². The van der Waals surface area contributed by atoms with Crippen LogP contribution in [0, 0.1) is 0 Å². The van der Waals surface area contributed by atoms with E-state index in [1.165, 1.54) is 0 Å². The summed E-state index contributed by atoms with van der Waals surface area (Å²) in [5, 5.41) is 2.79. The molecular weight excluding hydrogens is 306 g/mol. The molecule has 1 saturated heterocycles. The van der Waals surface area contributed by atoms with Gasteiger partial charge in [0.2, 0.25) is 11.9 Å². The van der Waals surface area contributed by atoms with Crippen LogP contribution in [0.4, 0.5) is 11.6 Å². The van der Waals surface area contributed by atoms with Crippen LogP contribution in [-0.2, 0) is 11.2 Å². The first-order chi connectivity index (χ1) is 11.7. The Morgan fingerprint density at radius 2 is 1.79 bits per heavy atom. The van der Waals surface area contributed by atoms with E-state index in [2.05, 4.69) is 20.2 Å². The zero-order valence-electron chi connectivity index (χ0n) is 13.1. The van der Waals surface area contributed by atoms with Crippen molar-refractivity contribution in [3.05, 3.63) is 47.8 Å². The zero-order chi connectivity index (χ0) is 16.5. The summed E-state index contributed by atoms with van der Waals surface area (Å²) in [5.74, 6) is 0.619. The van der Waals surface area contributed by atoms with Crippen molar-refractivity contribution in [2.24, 2.45) is 0 Å². The fourth-order valence-corrected chi connectivity index (χ4v) is 3.18. The van der Waals surface area contributed by atoms with Crippen molar-refractivity contribution in [1.82, 2.24) is 14.9 Å². The Balaban J connectivity index is 1.48. The molecule has 3 heterocycles. The van der Waals surface area contributed by atoms with Gasteiger partial charge in [0.25, 0.3) is 5.91 Å². The van der Waals surface area contributed by atoms with Crippen LogP contribution in [0.3, 0.4) is 0 Å². The second kappa shape index (κ2) is 5.92. The van der Waals surface area contributed by atoms with Crippen molar-refractivity contribution in [3.63, 3.8) is 0 Å². The lowest BCUT2D eigenvalue weighted by atomic mass is 10.0. The maximum absolute atomic E-state index is 12.8. The highest BCUT2D eigenvalue weighted by atomic mass is 16.2. The second-order valence-corrected chi connectivity index (χ2v) is 5.88. The van der Waals surface area contributed by atoms with Crippen molar-refractivity contribution < 1.29 is 9.59 Å². The summed E-state index contributed by atoms with van der Waals surface area (Å²) in [5.41, 5.74) is 2.18. The molecule has 7 nitrogen and oxygen atoms in total. The molecule has 24 heavy (non-hydrogen) atoms. The number of amides is 2. The van der Waals surface area contributed by atoms with E-state index in [1.54, 1.807) is 24.5 Å². The van der Waals surface area contributed by atoms with E-state index in [0.29, 0.717) is 37.7 Å². The lowest BCUT2D eigenvalue weighted by molar-refractivity contribution is -0.115. The van der Waals surface area contributed by atoms with E-state index in [1.807, 2.05) is 17.0 Å². The van der Waals surface area contributed by atoms with E-state index < -0.39 is 0 Å². The molecule has 2 aliphatic heterocycles. The molecule has 0 unspecified atom stereocenters. The van der Waals surface area contributed by atoms with E-state index in [0.717, 1.165) is 11.3 Å². The number of carbonyl (C=O) groups excluding carboxylic acids is 2. The molecule has 1 fully saturated rings. The molecule has 2 aromatic rings. The van der Waals surface area contributed by atoms with Gasteiger partial charge in [0.15, 0.2) is 0 Å². The predicted octanol–water partition coefficient (Wildman–Crippen LogP) is 0.934. The number of carbonyl (C=O) groups is 2. The number of fused-ring (bicyclic) bond motifs is 1. The fourth-order valence-electron chi connectivity index (χ4n) is 3.18. The maximum atomic E-state index is 12.8. The Bertz CT molecular complexity index is 785. The number of nitrogens with zero attached hydrogens (tertiary/aromatic N) is 4. The van der Waals surface area contributed by atoms with Crippen molar-refractivity contribution in [3.8, 4) is 0 Å². The van der Waals surface area contributed by atoms with E-state index in [4.69, 9.17) is 0 Å². The predicted molar refractivity (Wildman–Crippen MR) is 88.9 cm³/mol. The summed E-state index contributed by atoms with van der Waals surface area (Å²) in [6, 6.07) is 7.23. The molecule has 0 atom stereocenters. The number of hydrogen-bond acceptors (Lipinski definition) is 5. The highest BCUT2D eigenvalue weighted by Crippen LogP contribution is 2.27. The molecule has 7 heteroatoms. The van der Waals surface area contributed by atoms with Gasteiger partial charge in [-0.25, -0.2) is 9.97 Å². The molecule has 2 aliphatic rings. The number of anilines is 2. The molecule has 0 radical (unpaired) electrons. The molecule has 0 saturated carbocycles. The van der Waals surface area contributed by atoms with Gasteiger partial charge in [-0.3, -0.25) is 9.59 Å². The first-order valence-electron chi connectivity index (χ1n) is 7.95. The summed E-state index contributed by atoms with van der Waals surface area (Å²) in [6.07, 6.45) is 3.71. The van der Waals surface area contributed by atoms with Gasteiger partial charge in [0, 0.05) is 49.8 Å². The molecule has 0 bridgehead atoms. The Labute approximate surface area is 139 Å². The van der Waals surface area contributed by atoms with Crippen molar-refractivity contribution in [2.75, 3.05) is 36.4 Å².